The van der Waals surface area contributed by atoms with E-state index in [1.807, 2.05) is 0 Å². The maximum atomic E-state index is 13.1. The third-order valence-electron chi connectivity index (χ3n) is 5.52. The van der Waals surface area contributed by atoms with Crippen LogP contribution in [0.4, 0.5) is 10.1 Å². The lowest BCUT2D eigenvalue weighted by Gasteiger charge is -2.38. The van der Waals surface area contributed by atoms with Crippen molar-refractivity contribution in [1.82, 2.24) is 4.90 Å². The summed E-state index contributed by atoms with van der Waals surface area (Å²) in [4.78, 5) is 38.6. The Balaban J connectivity index is 1.39. The minimum Gasteiger partial charge on any atom is -0.326 e. The number of anilines is 1. The Morgan fingerprint density at radius 1 is 1.12 bits per heavy atom. The molecule has 4 atom stereocenters. The lowest BCUT2D eigenvalue weighted by molar-refractivity contribution is -0.140. The standard InChI is InChI=1S/C19H19FN2O3/c20-13-2-1-3-14(10-13)21-15(23)8-9-22-18(24)16-11-4-5-12(7-6-11)17(16)19(22)25/h1-5,10-12,16-17H,6-9H2,(H,21,23)/t11-,12-,16-,17-/m0/s1. The zero-order chi connectivity index (χ0) is 17.6. The van der Waals surface area contributed by atoms with Gasteiger partial charge in [-0.2, -0.15) is 0 Å². The predicted octanol–water partition coefficient (Wildman–Crippen LogP) is 2.35. The fourth-order valence-electron chi connectivity index (χ4n) is 4.36. The summed E-state index contributed by atoms with van der Waals surface area (Å²) in [5, 5.41) is 2.59. The average molecular weight is 342 g/mol. The zero-order valence-electron chi connectivity index (χ0n) is 13.7. The van der Waals surface area contributed by atoms with Crippen LogP contribution in [-0.2, 0) is 14.4 Å². The number of halogens is 1. The van der Waals surface area contributed by atoms with Gasteiger partial charge in [0.1, 0.15) is 5.82 Å². The SMILES string of the molecule is O=C(CCN1C(=O)[C@@H]2[C@@H](C1=O)[C@H]1C=C[C@H]2CC1)Nc1cccc(F)c1. The number of amides is 3. The molecule has 5 nitrogen and oxygen atoms in total. The number of imide groups is 1. The van der Waals surface area contributed by atoms with Crippen LogP contribution in [0.5, 0.6) is 0 Å². The first-order valence-electron chi connectivity index (χ1n) is 8.63. The van der Waals surface area contributed by atoms with Gasteiger partial charge in [0.15, 0.2) is 0 Å². The van der Waals surface area contributed by atoms with Gasteiger partial charge in [0.2, 0.25) is 17.7 Å². The number of nitrogens with zero attached hydrogens (tertiary/aromatic N) is 1. The average Bonchev–Trinajstić information content (AvgIpc) is 2.87. The molecule has 0 radical (unpaired) electrons. The number of fused-ring (bicyclic) bond motifs is 1. The Morgan fingerprint density at radius 3 is 2.32 bits per heavy atom. The van der Waals surface area contributed by atoms with E-state index < -0.39 is 5.82 Å². The van der Waals surface area contributed by atoms with Gasteiger partial charge in [-0.3, -0.25) is 19.3 Å². The minimum absolute atomic E-state index is 0.0101. The number of carbonyl (C=O) groups is 3. The molecule has 25 heavy (non-hydrogen) atoms. The molecule has 130 valence electrons. The molecule has 1 aromatic carbocycles. The molecular formula is C19H19FN2O3. The number of carbonyl (C=O) groups excluding carboxylic acids is 3. The van der Waals surface area contributed by atoms with E-state index in [-0.39, 0.29) is 54.4 Å². The van der Waals surface area contributed by atoms with E-state index >= 15 is 0 Å². The number of benzene rings is 1. The topological polar surface area (TPSA) is 66.5 Å². The molecule has 1 aromatic rings. The van der Waals surface area contributed by atoms with Crippen molar-refractivity contribution in [3.8, 4) is 0 Å². The molecule has 4 aliphatic rings. The van der Waals surface area contributed by atoms with Crippen LogP contribution in [0.15, 0.2) is 36.4 Å². The van der Waals surface area contributed by atoms with Crippen molar-refractivity contribution in [3.63, 3.8) is 0 Å². The molecule has 1 saturated carbocycles. The molecule has 3 amide bonds. The van der Waals surface area contributed by atoms with Crippen molar-refractivity contribution in [3.05, 3.63) is 42.2 Å². The lowest BCUT2D eigenvalue weighted by Crippen LogP contribution is -2.38. The molecule has 2 fully saturated rings. The van der Waals surface area contributed by atoms with Crippen molar-refractivity contribution in [1.29, 1.82) is 0 Å². The molecular weight excluding hydrogens is 323 g/mol. The second kappa shape index (κ2) is 6.10. The zero-order valence-corrected chi connectivity index (χ0v) is 13.7. The van der Waals surface area contributed by atoms with Gasteiger partial charge in [-0.05, 0) is 42.9 Å². The molecule has 0 unspecified atom stereocenters. The highest BCUT2D eigenvalue weighted by Crippen LogP contribution is 2.49. The van der Waals surface area contributed by atoms with Crippen molar-refractivity contribution in [2.24, 2.45) is 23.7 Å². The van der Waals surface area contributed by atoms with E-state index in [0.29, 0.717) is 5.69 Å². The molecule has 1 heterocycles. The van der Waals surface area contributed by atoms with Crippen molar-refractivity contribution < 1.29 is 18.8 Å². The maximum absolute atomic E-state index is 13.1. The van der Waals surface area contributed by atoms with Crippen LogP contribution < -0.4 is 5.32 Å². The smallest absolute Gasteiger partial charge is 0.233 e. The Morgan fingerprint density at radius 2 is 1.76 bits per heavy atom. The molecule has 5 rings (SSSR count). The summed E-state index contributed by atoms with van der Waals surface area (Å²) in [6.45, 7) is 0.0747. The summed E-state index contributed by atoms with van der Waals surface area (Å²) < 4.78 is 13.1. The lowest BCUT2D eigenvalue weighted by atomic mass is 9.63. The van der Waals surface area contributed by atoms with Gasteiger partial charge in [0, 0.05) is 18.7 Å². The van der Waals surface area contributed by atoms with Gasteiger partial charge in [-0.1, -0.05) is 18.2 Å². The van der Waals surface area contributed by atoms with E-state index in [0.717, 1.165) is 12.8 Å². The third-order valence-corrected chi connectivity index (χ3v) is 5.52. The van der Waals surface area contributed by atoms with E-state index in [9.17, 15) is 18.8 Å². The van der Waals surface area contributed by atoms with E-state index in [1.165, 1.54) is 23.1 Å². The third kappa shape index (κ3) is 2.75. The van der Waals surface area contributed by atoms with Crippen LogP contribution in [-0.4, -0.2) is 29.2 Å². The molecule has 1 saturated heterocycles. The Hall–Kier alpha value is -2.50. The van der Waals surface area contributed by atoms with Gasteiger partial charge < -0.3 is 5.32 Å². The highest BCUT2D eigenvalue weighted by molar-refractivity contribution is 6.06. The van der Waals surface area contributed by atoms with Crippen LogP contribution in [0.3, 0.4) is 0 Å². The number of hydrogen-bond acceptors (Lipinski definition) is 3. The first-order valence-corrected chi connectivity index (χ1v) is 8.63. The monoisotopic (exact) mass is 342 g/mol. The normalized spacial score (nSPS) is 29.9. The number of likely N-dealkylation sites (tertiary alicyclic amines) is 1. The van der Waals surface area contributed by atoms with Gasteiger partial charge in [-0.25, -0.2) is 4.39 Å². The first-order chi connectivity index (χ1) is 12.0. The molecule has 1 aliphatic heterocycles. The molecule has 3 aliphatic carbocycles. The second-order valence-corrected chi connectivity index (χ2v) is 6.98. The molecule has 1 N–H and O–H groups in total. The fraction of sp³-hybridized carbons (Fsp3) is 0.421. The van der Waals surface area contributed by atoms with E-state index in [1.54, 1.807) is 6.07 Å². The summed E-state index contributed by atoms with van der Waals surface area (Å²) in [6, 6.07) is 5.61. The molecule has 0 spiro atoms. The quantitative estimate of drug-likeness (QED) is 0.675. The number of rotatable bonds is 4. The summed E-state index contributed by atoms with van der Waals surface area (Å²) in [5.74, 6) is -1.27. The first kappa shape index (κ1) is 16.0. The molecule has 6 heteroatoms. The maximum Gasteiger partial charge on any atom is 0.233 e. The van der Waals surface area contributed by atoms with Crippen molar-refractivity contribution in [2.45, 2.75) is 19.3 Å². The van der Waals surface area contributed by atoms with Gasteiger partial charge in [0.25, 0.3) is 0 Å². The fourth-order valence-corrected chi connectivity index (χ4v) is 4.36. The molecule has 2 bridgehead atoms. The highest BCUT2D eigenvalue weighted by atomic mass is 19.1. The molecule has 0 aromatic heterocycles. The van der Waals surface area contributed by atoms with Gasteiger partial charge >= 0.3 is 0 Å². The van der Waals surface area contributed by atoms with Crippen LogP contribution in [0.25, 0.3) is 0 Å². The second-order valence-electron chi connectivity index (χ2n) is 6.98. The number of allylic oxidation sites excluding steroid dienone is 2. The summed E-state index contributed by atoms with van der Waals surface area (Å²) >= 11 is 0. The summed E-state index contributed by atoms with van der Waals surface area (Å²) in [5.41, 5.74) is 0.361. The van der Waals surface area contributed by atoms with Gasteiger partial charge in [-0.15, -0.1) is 0 Å². The minimum atomic E-state index is -0.435. The Labute approximate surface area is 144 Å². The van der Waals surface area contributed by atoms with E-state index in [4.69, 9.17) is 0 Å². The number of hydrogen-bond donors (Lipinski definition) is 1. The van der Waals surface area contributed by atoms with Crippen LogP contribution in [0.1, 0.15) is 19.3 Å². The Bertz CT molecular complexity index is 744. The number of nitrogens with one attached hydrogen (secondary N) is 1. The Kier molecular flexibility index (Phi) is 3.90. The predicted molar refractivity (Wildman–Crippen MR) is 88.7 cm³/mol. The van der Waals surface area contributed by atoms with Crippen molar-refractivity contribution in [2.75, 3.05) is 11.9 Å². The summed E-state index contributed by atoms with van der Waals surface area (Å²) in [7, 11) is 0. The van der Waals surface area contributed by atoms with E-state index in [2.05, 4.69) is 17.5 Å². The summed E-state index contributed by atoms with van der Waals surface area (Å²) in [6.07, 6.45) is 6.06. The van der Waals surface area contributed by atoms with Crippen molar-refractivity contribution >= 4 is 23.4 Å². The largest absolute Gasteiger partial charge is 0.326 e. The van der Waals surface area contributed by atoms with Gasteiger partial charge in [0.05, 0.1) is 11.8 Å². The van der Waals surface area contributed by atoms with Crippen LogP contribution >= 0.6 is 0 Å². The highest BCUT2D eigenvalue weighted by Gasteiger charge is 2.56. The van der Waals surface area contributed by atoms with Crippen LogP contribution in [0, 0.1) is 29.5 Å². The van der Waals surface area contributed by atoms with Crippen LogP contribution in [0.2, 0.25) is 0 Å².